The maximum absolute atomic E-state index is 12.3. The van der Waals surface area contributed by atoms with Crippen LogP contribution >= 0.6 is 12.4 Å². The number of piperidine rings is 1. The highest BCUT2D eigenvalue weighted by molar-refractivity contribution is 5.85. The lowest BCUT2D eigenvalue weighted by Gasteiger charge is -2.31. The van der Waals surface area contributed by atoms with Crippen molar-refractivity contribution >= 4 is 24.4 Å². The summed E-state index contributed by atoms with van der Waals surface area (Å²) in [6.07, 6.45) is 4.06. The monoisotopic (exact) mass is 409 g/mol. The molecule has 7 heteroatoms. The molecule has 6 nitrogen and oxygen atoms in total. The van der Waals surface area contributed by atoms with E-state index in [1.54, 1.807) is 4.90 Å². The number of likely N-dealkylation sites (tertiary alicyclic amines) is 1. The molecular formula is C21H32ClN3O3. The number of carbonyl (C=O) groups is 2. The first kappa shape index (κ1) is 22.5. The highest BCUT2D eigenvalue weighted by Crippen LogP contribution is 2.16. The van der Waals surface area contributed by atoms with E-state index in [0.29, 0.717) is 26.1 Å². The van der Waals surface area contributed by atoms with Crippen LogP contribution in [0.5, 0.6) is 0 Å². The van der Waals surface area contributed by atoms with E-state index in [1.807, 2.05) is 6.92 Å². The van der Waals surface area contributed by atoms with Crippen LogP contribution < -0.4 is 10.6 Å². The third-order valence-electron chi connectivity index (χ3n) is 5.46. The first-order valence-corrected chi connectivity index (χ1v) is 10.1. The van der Waals surface area contributed by atoms with Gasteiger partial charge in [0.1, 0.15) is 0 Å². The van der Waals surface area contributed by atoms with Crippen molar-refractivity contribution in [3.63, 3.8) is 0 Å². The molecule has 3 rings (SSSR count). The minimum absolute atomic E-state index is 0. The van der Waals surface area contributed by atoms with Gasteiger partial charge in [-0.3, -0.25) is 4.79 Å². The summed E-state index contributed by atoms with van der Waals surface area (Å²) in [4.78, 5) is 25.8. The molecule has 1 unspecified atom stereocenters. The molecule has 1 aromatic rings. The number of ether oxygens (including phenoxy) is 1. The SMILES string of the molecule is CCOC(=O)N1CCC(NC(=O)Cc2ccc(CC3CCNC3)cc2)CC1.Cl. The smallest absolute Gasteiger partial charge is 0.409 e. The third kappa shape index (κ3) is 6.67. The maximum atomic E-state index is 12.3. The predicted octanol–water partition coefficient (Wildman–Crippen LogP) is 2.54. The van der Waals surface area contributed by atoms with E-state index in [9.17, 15) is 9.59 Å². The zero-order valence-corrected chi connectivity index (χ0v) is 17.4. The van der Waals surface area contributed by atoms with Gasteiger partial charge in [0.15, 0.2) is 0 Å². The summed E-state index contributed by atoms with van der Waals surface area (Å²) in [7, 11) is 0. The molecule has 2 saturated heterocycles. The van der Waals surface area contributed by atoms with E-state index in [4.69, 9.17) is 4.74 Å². The number of nitrogens with one attached hydrogen (secondary N) is 2. The molecule has 0 aliphatic carbocycles. The third-order valence-corrected chi connectivity index (χ3v) is 5.46. The molecule has 156 valence electrons. The summed E-state index contributed by atoms with van der Waals surface area (Å²) in [5.41, 5.74) is 2.39. The lowest BCUT2D eigenvalue weighted by molar-refractivity contribution is -0.121. The van der Waals surface area contributed by atoms with Gasteiger partial charge >= 0.3 is 6.09 Å². The van der Waals surface area contributed by atoms with Crippen LogP contribution in [0.2, 0.25) is 0 Å². The van der Waals surface area contributed by atoms with Crippen molar-refractivity contribution in [3.8, 4) is 0 Å². The van der Waals surface area contributed by atoms with E-state index in [1.165, 1.54) is 12.0 Å². The molecule has 2 fully saturated rings. The Labute approximate surface area is 173 Å². The summed E-state index contributed by atoms with van der Waals surface area (Å²) in [6, 6.07) is 8.58. The lowest BCUT2D eigenvalue weighted by Crippen LogP contribution is -2.47. The highest BCUT2D eigenvalue weighted by atomic mass is 35.5. The molecular weight excluding hydrogens is 378 g/mol. The second-order valence-electron chi connectivity index (χ2n) is 7.58. The summed E-state index contributed by atoms with van der Waals surface area (Å²) >= 11 is 0. The Hall–Kier alpha value is -1.79. The molecule has 2 heterocycles. The van der Waals surface area contributed by atoms with Gasteiger partial charge in [-0.15, -0.1) is 12.4 Å². The quantitative estimate of drug-likeness (QED) is 0.757. The zero-order valence-electron chi connectivity index (χ0n) is 16.6. The van der Waals surface area contributed by atoms with Crippen molar-refractivity contribution in [2.45, 2.75) is 45.1 Å². The van der Waals surface area contributed by atoms with Crippen LogP contribution in [-0.2, 0) is 22.4 Å². The Balaban J connectivity index is 0.00000280. The molecule has 0 saturated carbocycles. The van der Waals surface area contributed by atoms with Gasteiger partial charge in [-0.05, 0) is 62.7 Å². The number of nitrogens with zero attached hydrogens (tertiary/aromatic N) is 1. The van der Waals surface area contributed by atoms with Crippen LogP contribution in [0, 0.1) is 5.92 Å². The van der Waals surface area contributed by atoms with Crippen molar-refractivity contribution in [1.29, 1.82) is 0 Å². The van der Waals surface area contributed by atoms with Gasteiger partial charge in [-0.2, -0.15) is 0 Å². The predicted molar refractivity (Wildman–Crippen MR) is 112 cm³/mol. The fraction of sp³-hybridized carbons (Fsp3) is 0.619. The van der Waals surface area contributed by atoms with Crippen molar-refractivity contribution in [1.82, 2.24) is 15.5 Å². The summed E-state index contributed by atoms with van der Waals surface area (Å²) in [5, 5.41) is 6.51. The molecule has 2 aliphatic rings. The molecule has 1 atom stereocenters. The summed E-state index contributed by atoms with van der Waals surface area (Å²) < 4.78 is 5.02. The first-order valence-electron chi connectivity index (χ1n) is 10.1. The largest absolute Gasteiger partial charge is 0.450 e. The highest BCUT2D eigenvalue weighted by Gasteiger charge is 2.24. The fourth-order valence-electron chi connectivity index (χ4n) is 3.90. The topological polar surface area (TPSA) is 70.7 Å². The second-order valence-corrected chi connectivity index (χ2v) is 7.58. The molecule has 2 aliphatic heterocycles. The Morgan fingerprint density at radius 1 is 1.14 bits per heavy atom. The van der Waals surface area contributed by atoms with Crippen molar-refractivity contribution < 1.29 is 14.3 Å². The van der Waals surface area contributed by atoms with Gasteiger partial charge in [0, 0.05) is 19.1 Å². The minimum Gasteiger partial charge on any atom is -0.450 e. The Morgan fingerprint density at radius 2 is 1.82 bits per heavy atom. The van der Waals surface area contributed by atoms with Crippen LogP contribution in [0.25, 0.3) is 0 Å². The van der Waals surface area contributed by atoms with Crippen LogP contribution in [-0.4, -0.2) is 55.7 Å². The van der Waals surface area contributed by atoms with Crippen molar-refractivity contribution in [2.24, 2.45) is 5.92 Å². The molecule has 0 radical (unpaired) electrons. The summed E-state index contributed by atoms with van der Waals surface area (Å²) in [5.74, 6) is 0.789. The number of hydrogen-bond acceptors (Lipinski definition) is 4. The fourth-order valence-corrected chi connectivity index (χ4v) is 3.90. The van der Waals surface area contributed by atoms with Gasteiger partial charge in [0.25, 0.3) is 0 Å². The molecule has 0 spiro atoms. The van der Waals surface area contributed by atoms with Gasteiger partial charge in [-0.25, -0.2) is 4.79 Å². The lowest BCUT2D eigenvalue weighted by atomic mass is 9.97. The van der Waals surface area contributed by atoms with E-state index in [0.717, 1.165) is 43.8 Å². The van der Waals surface area contributed by atoms with E-state index >= 15 is 0 Å². The maximum Gasteiger partial charge on any atom is 0.409 e. The molecule has 2 amide bonds. The normalized spacial score (nSPS) is 19.8. The number of rotatable bonds is 6. The van der Waals surface area contributed by atoms with Crippen LogP contribution in [0.4, 0.5) is 4.79 Å². The molecule has 2 N–H and O–H groups in total. The van der Waals surface area contributed by atoms with Crippen LogP contribution in [0.3, 0.4) is 0 Å². The average Bonchev–Trinajstić information content (AvgIpc) is 3.17. The van der Waals surface area contributed by atoms with Crippen molar-refractivity contribution in [3.05, 3.63) is 35.4 Å². The minimum atomic E-state index is -0.254. The number of hydrogen-bond donors (Lipinski definition) is 2. The van der Waals surface area contributed by atoms with E-state index in [-0.39, 0.29) is 30.4 Å². The zero-order chi connectivity index (χ0) is 19.1. The average molecular weight is 410 g/mol. The second kappa shape index (κ2) is 11.3. The van der Waals surface area contributed by atoms with E-state index < -0.39 is 0 Å². The standard InChI is InChI=1S/C21H31N3O3.ClH/c1-2-27-21(26)24-11-8-19(9-12-24)23-20(25)14-17-5-3-16(4-6-17)13-18-7-10-22-15-18;/h3-6,18-19,22H,2,7-15H2,1H3,(H,23,25);1H. The number of carbonyl (C=O) groups excluding carboxylic acids is 2. The Kier molecular flexibility index (Phi) is 9.06. The van der Waals surface area contributed by atoms with Gasteiger partial charge < -0.3 is 20.3 Å². The number of benzene rings is 1. The first-order chi connectivity index (χ1) is 13.1. The summed E-state index contributed by atoms with van der Waals surface area (Å²) in [6.45, 7) is 5.71. The number of amides is 2. The molecule has 0 aromatic heterocycles. The van der Waals surface area contributed by atoms with E-state index in [2.05, 4.69) is 34.9 Å². The van der Waals surface area contributed by atoms with Gasteiger partial charge in [-0.1, -0.05) is 24.3 Å². The van der Waals surface area contributed by atoms with Gasteiger partial charge in [0.2, 0.25) is 5.91 Å². The van der Waals surface area contributed by atoms with Crippen LogP contribution in [0.1, 0.15) is 37.3 Å². The Bertz CT molecular complexity index is 624. The number of halogens is 1. The molecule has 1 aromatic carbocycles. The van der Waals surface area contributed by atoms with Crippen molar-refractivity contribution in [2.75, 3.05) is 32.8 Å². The van der Waals surface area contributed by atoms with Gasteiger partial charge in [0.05, 0.1) is 13.0 Å². The molecule has 0 bridgehead atoms. The molecule has 28 heavy (non-hydrogen) atoms. The van der Waals surface area contributed by atoms with Crippen LogP contribution in [0.15, 0.2) is 24.3 Å². The Morgan fingerprint density at radius 3 is 2.43 bits per heavy atom.